The minimum atomic E-state index is -0.255. The van der Waals surface area contributed by atoms with E-state index in [9.17, 15) is 10.1 Å². The number of carbonyl (C=O) groups excluding carboxylic acids is 1. The second-order valence-corrected chi connectivity index (χ2v) is 4.22. The lowest BCUT2D eigenvalue weighted by molar-refractivity contribution is 0.0957. The highest BCUT2D eigenvalue weighted by molar-refractivity contribution is 5.91. The van der Waals surface area contributed by atoms with Gasteiger partial charge in [0.15, 0.2) is 5.69 Å². The molecule has 2 aromatic rings. The molecule has 0 radical (unpaired) electrons. The van der Waals surface area contributed by atoms with Gasteiger partial charge in [-0.3, -0.25) is 4.79 Å². The van der Waals surface area contributed by atoms with Crippen LogP contribution in [0.25, 0.3) is 5.69 Å². The Kier molecular flexibility index (Phi) is 4.13. The fourth-order valence-corrected chi connectivity index (χ4v) is 1.89. The summed E-state index contributed by atoms with van der Waals surface area (Å²) in [5, 5.41) is 19.0. The second-order valence-electron chi connectivity index (χ2n) is 4.22. The van der Waals surface area contributed by atoms with Gasteiger partial charge in [-0.1, -0.05) is 6.07 Å². The van der Waals surface area contributed by atoms with Crippen molar-refractivity contribution in [3.8, 4) is 11.8 Å². The molecule has 6 heteroatoms. The van der Waals surface area contributed by atoms with Gasteiger partial charge in [0.1, 0.15) is 6.07 Å². The molecule has 0 aliphatic carbocycles. The summed E-state index contributed by atoms with van der Waals surface area (Å²) in [6, 6.07) is 9.33. The van der Waals surface area contributed by atoms with Crippen molar-refractivity contribution in [2.75, 3.05) is 14.1 Å². The Bertz CT molecular complexity index is 668. The number of nitriles is 1. The summed E-state index contributed by atoms with van der Waals surface area (Å²) in [5.74, 6) is -0.255. The Morgan fingerprint density at radius 2 is 2.20 bits per heavy atom. The van der Waals surface area contributed by atoms with Crippen molar-refractivity contribution in [1.82, 2.24) is 20.4 Å². The molecule has 0 aliphatic heterocycles. The highest BCUT2D eigenvalue weighted by atomic mass is 16.1. The number of hydrogen-bond donors (Lipinski definition) is 2. The Morgan fingerprint density at radius 1 is 1.40 bits per heavy atom. The van der Waals surface area contributed by atoms with Gasteiger partial charge in [-0.2, -0.15) is 10.4 Å². The Hall–Kier alpha value is -2.65. The zero-order valence-electron chi connectivity index (χ0n) is 11.3. The van der Waals surface area contributed by atoms with E-state index < -0.39 is 0 Å². The predicted molar refractivity (Wildman–Crippen MR) is 74.4 cm³/mol. The largest absolute Gasteiger partial charge is 0.354 e. The third-order valence-electron chi connectivity index (χ3n) is 2.86. The topological polar surface area (TPSA) is 82.7 Å². The number of benzene rings is 1. The van der Waals surface area contributed by atoms with Gasteiger partial charge in [0.05, 0.1) is 11.3 Å². The number of rotatable bonds is 4. The summed E-state index contributed by atoms with van der Waals surface area (Å²) in [6.07, 6.45) is 1.67. The molecular formula is C14H15N5O. The van der Waals surface area contributed by atoms with Crippen LogP contribution >= 0.6 is 0 Å². The molecular weight excluding hydrogens is 254 g/mol. The lowest BCUT2D eigenvalue weighted by Crippen LogP contribution is -2.18. The average Bonchev–Trinajstić information content (AvgIpc) is 2.96. The molecule has 102 valence electrons. The van der Waals surface area contributed by atoms with Crippen LogP contribution in [0.15, 0.2) is 30.5 Å². The number of hydrogen-bond acceptors (Lipinski definition) is 4. The first-order valence-electron chi connectivity index (χ1n) is 6.15. The quantitative estimate of drug-likeness (QED) is 0.861. The smallest absolute Gasteiger partial charge is 0.271 e. The molecule has 2 rings (SSSR count). The van der Waals surface area contributed by atoms with Crippen LogP contribution in [0.2, 0.25) is 0 Å². The van der Waals surface area contributed by atoms with Crippen LogP contribution in [-0.4, -0.2) is 29.8 Å². The van der Waals surface area contributed by atoms with E-state index in [1.807, 2.05) is 25.2 Å². The average molecular weight is 269 g/mol. The van der Waals surface area contributed by atoms with Gasteiger partial charge in [-0.15, -0.1) is 0 Å². The summed E-state index contributed by atoms with van der Waals surface area (Å²) in [4.78, 5) is 11.5. The zero-order valence-corrected chi connectivity index (χ0v) is 11.3. The standard InChI is InChI=1S/C14H15N5O/c1-16-9-10-3-4-13(11(7-10)8-15)19-6-5-12(18-19)14(20)17-2/h3-7,16H,9H2,1-2H3,(H,17,20). The monoisotopic (exact) mass is 269 g/mol. The Balaban J connectivity index is 2.40. The molecule has 0 bridgehead atoms. The zero-order chi connectivity index (χ0) is 14.5. The molecule has 0 saturated carbocycles. The first kappa shape index (κ1) is 13.8. The summed E-state index contributed by atoms with van der Waals surface area (Å²) in [6.45, 7) is 0.692. The van der Waals surface area contributed by atoms with E-state index in [1.165, 1.54) is 4.68 Å². The lowest BCUT2D eigenvalue weighted by atomic mass is 10.1. The lowest BCUT2D eigenvalue weighted by Gasteiger charge is -2.07. The molecule has 20 heavy (non-hydrogen) atoms. The van der Waals surface area contributed by atoms with Crippen LogP contribution in [0.5, 0.6) is 0 Å². The number of aromatic nitrogens is 2. The van der Waals surface area contributed by atoms with Crippen LogP contribution in [0.4, 0.5) is 0 Å². The van der Waals surface area contributed by atoms with Crippen molar-refractivity contribution in [1.29, 1.82) is 5.26 Å². The molecule has 0 fully saturated rings. The van der Waals surface area contributed by atoms with E-state index in [2.05, 4.69) is 21.8 Å². The highest BCUT2D eigenvalue weighted by Gasteiger charge is 2.11. The molecule has 1 aromatic carbocycles. The highest BCUT2D eigenvalue weighted by Crippen LogP contribution is 2.16. The molecule has 1 heterocycles. The second kappa shape index (κ2) is 5.99. The molecule has 0 aliphatic rings. The normalized spacial score (nSPS) is 10.1. The van der Waals surface area contributed by atoms with Gasteiger partial charge in [-0.25, -0.2) is 4.68 Å². The maximum atomic E-state index is 11.5. The van der Waals surface area contributed by atoms with Crippen LogP contribution in [0, 0.1) is 11.3 Å². The van der Waals surface area contributed by atoms with E-state index in [4.69, 9.17) is 0 Å². The minimum absolute atomic E-state index is 0.255. The SMILES string of the molecule is CNCc1ccc(-n2ccc(C(=O)NC)n2)c(C#N)c1. The van der Waals surface area contributed by atoms with Crippen LogP contribution in [-0.2, 0) is 6.54 Å². The minimum Gasteiger partial charge on any atom is -0.354 e. The Labute approximate surface area is 117 Å². The fourth-order valence-electron chi connectivity index (χ4n) is 1.89. The predicted octanol–water partition coefficient (Wildman–Crippen LogP) is 0.823. The first-order chi connectivity index (χ1) is 9.69. The molecule has 1 amide bonds. The van der Waals surface area contributed by atoms with Crippen molar-refractivity contribution in [3.05, 3.63) is 47.3 Å². The summed E-state index contributed by atoms with van der Waals surface area (Å²) in [7, 11) is 3.40. The van der Waals surface area contributed by atoms with Gasteiger partial charge in [0, 0.05) is 19.8 Å². The summed E-state index contributed by atoms with van der Waals surface area (Å²) in [5.41, 5.74) is 2.51. The van der Waals surface area contributed by atoms with Crippen molar-refractivity contribution in [2.24, 2.45) is 0 Å². The van der Waals surface area contributed by atoms with Crippen molar-refractivity contribution >= 4 is 5.91 Å². The molecule has 1 aromatic heterocycles. The third kappa shape index (κ3) is 2.68. The molecule has 0 unspecified atom stereocenters. The number of amides is 1. The van der Waals surface area contributed by atoms with Gasteiger partial charge in [0.2, 0.25) is 0 Å². The first-order valence-corrected chi connectivity index (χ1v) is 6.15. The van der Waals surface area contributed by atoms with Crippen molar-refractivity contribution in [3.63, 3.8) is 0 Å². The van der Waals surface area contributed by atoms with E-state index >= 15 is 0 Å². The van der Waals surface area contributed by atoms with E-state index in [-0.39, 0.29) is 5.91 Å². The fraction of sp³-hybridized carbons (Fsp3) is 0.214. The number of nitrogens with zero attached hydrogens (tertiary/aromatic N) is 3. The van der Waals surface area contributed by atoms with E-state index in [1.54, 1.807) is 19.3 Å². The van der Waals surface area contributed by atoms with Gasteiger partial charge >= 0.3 is 0 Å². The van der Waals surface area contributed by atoms with E-state index in [0.29, 0.717) is 23.5 Å². The summed E-state index contributed by atoms with van der Waals surface area (Å²) < 4.78 is 1.53. The number of carbonyl (C=O) groups is 1. The van der Waals surface area contributed by atoms with Gasteiger partial charge in [0.25, 0.3) is 5.91 Å². The van der Waals surface area contributed by atoms with Crippen molar-refractivity contribution < 1.29 is 4.79 Å². The Morgan fingerprint density at radius 3 is 2.85 bits per heavy atom. The van der Waals surface area contributed by atoms with Crippen LogP contribution in [0.3, 0.4) is 0 Å². The van der Waals surface area contributed by atoms with Crippen molar-refractivity contribution in [2.45, 2.75) is 6.54 Å². The molecule has 0 spiro atoms. The molecule has 0 atom stereocenters. The maximum Gasteiger partial charge on any atom is 0.271 e. The maximum absolute atomic E-state index is 11.5. The van der Waals surface area contributed by atoms with Gasteiger partial charge < -0.3 is 10.6 Å². The van der Waals surface area contributed by atoms with Crippen LogP contribution in [0.1, 0.15) is 21.6 Å². The molecule has 2 N–H and O–H groups in total. The third-order valence-corrected chi connectivity index (χ3v) is 2.86. The van der Waals surface area contributed by atoms with E-state index in [0.717, 1.165) is 5.56 Å². The number of nitrogens with one attached hydrogen (secondary N) is 2. The van der Waals surface area contributed by atoms with Crippen LogP contribution < -0.4 is 10.6 Å². The van der Waals surface area contributed by atoms with Gasteiger partial charge in [-0.05, 0) is 30.8 Å². The molecule has 6 nitrogen and oxygen atoms in total. The molecule has 0 saturated heterocycles. The summed E-state index contributed by atoms with van der Waals surface area (Å²) >= 11 is 0.